The lowest BCUT2D eigenvalue weighted by atomic mass is 9.77. The maximum absolute atomic E-state index is 5.55. The second-order valence-corrected chi connectivity index (χ2v) is 5.36. The van der Waals surface area contributed by atoms with Crippen molar-refractivity contribution in [2.45, 2.75) is 60.8 Å². The molecule has 0 saturated heterocycles. The Morgan fingerprint density at radius 3 is 2.12 bits per heavy atom. The number of rotatable bonds is 6. The highest BCUT2D eigenvalue weighted by atomic mass is 32.1. The minimum atomic E-state index is 0.190. The Bertz CT molecular complexity index is 293. The molecule has 16 heavy (non-hydrogen) atoms. The summed E-state index contributed by atoms with van der Waals surface area (Å²) in [6.07, 6.45) is 7.50. The first kappa shape index (κ1) is 15.6. The normalized spacial score (nSPS) is 14.1. The van der Waals surface area contributed by atoms with Crippen LogP contribution >= 0.6 is 12.2 Å². The smallest absolute Gasteiger partial charge is 0.0410 e. The molecule has 0 nitrogen and oxygen atoms in total. The van der Waals surface area contributed by atoms with Crippen LogP contribution < -0.4 is 0 Å². The highest BCUT2D eigenvalue weighted by Gasteiger charge is 2.24. The van der Waals surface area contributed by atoms with Gasteiger partial charge in [0.15, 0.2) is 0 Å². The largest absolute Gasteiger partial charge is 0.0834 e. The lowest BCUT2D eigenvalue weighted by Crippen LogP contribution is -2.20. The first-order chi connectivity index (χ1) is 7.40. The highest BCUT2D eigenvalue weighted by Crippen LogP contribution is 2.34. The van der Waals surface area contributed by atoms with Crippen molar-refractivity contribution >= 4 is 17.1 Å². The molecule has 0 heterocycles. The van der Waals surface area contributed by atoms with Crippen molar-refractivity contribution in [2.75, 3.05) is 0 Å². The van der Waals surface area contributed by atoms with Crippen LogP contribution in [-0.4, -0.2) is 4.86 Å². The molecule has 0 amide bonds. The fourth-order valence-electron chi connectivity index (χ4n) is 1.78. The molecule has 1 heteroatoms. The molecule has 92 valence electrons. The highest BCUT2D eigenvalue weighted by molar-refractivity contribution is 7.81. The summed E-state index contributed by atoms with van der Waals surface area (Å²) in [7, 11) is 0. The fourth-order valence-corrected chi connectivity index (χ4v) is 2.33. The van der Waals surface area contributed by atoms with E-state index in [1.54, 1.807) is 0 Å². The average molecular weight is 238 g/mol. The quantitative estimate of drug-likeness (QED) is 0.436. The molecule has 0 unspecified atom stereocenters. The standard InChI is InChI=1S/C15H26S/c1-7-10-11-13(16)14(12(4)8-2)15(5,6)9-3/h10-11H,7-9H2,1-6H3/b11-10+,14-12-. The molecule has 0 fully saturated rings. The van der Waals surface area contributed by atoms with Gasteiger partial charge in [0, 0.05) is 4.86 Å². The molecule has 0 aromatic rings. The van der Waals surface area contributed by atoms with Crippen LogP contribution in [0.1, 0.15) is 60.8 Å². The monoisotopic (exact) mass is 238 g/mol. The van der Waals surface area contributed by atoms with Crippen LogP contribution in [-0.2, 0) is 0 Å². The molecule has 0 aromatic carbocycles. The Balaban J connectivity index is 5.29. The lowest BCUT2D eigenvalue weighted by molar-refractivity contribution is 0.442. The molecule has 0 N–H and O–H groups in total. The predicted molar refractivity (Wildman–Crippen MR) is 79.1 cm³/mol. The first-order valence-corrected chi connectivity index (χ1v) is 6.72. The molecule has 0 aromatic heterocycles. The van der Waals surface area contributed by atoms with Crippen LogP contribution in [0.4, 0.5) is 0 Å². The topological polar surface area (TPSA) is 0 Å². The van der Waals surface area contributed by atoms with E-state index in [-0.39, 0.29) is 5.41 Å². The van der Waals surface area contributed by atoms with Crippen molar-refractivity contribution in [3.8, 4) is 0 Å². The molecule has 0 aliphatic carbocycles. The van der Waals surface area contributed by atoms with Gasteiger partial charge in [0.05, 0.1) is 0 Å². The van der Waals surface area contributed by atoms with Crippen LogP contribution in [0.15, 0.2) is 23.3 Å². The van der Waals surface area contributed by atoms with Gasteiger partial charge < -0.3 is 0 Å². The van der Waals surface area contributed by atoms with E-state index in [1.807, 2.05) is 0 Å². The van der Waals surface area contributed by atoms with Gasteiger partial charge in [0.1, 0.15) is 0 Å². The van der Waals surface area contributed by atoms with E-state index < -0.39 is 0 Å². The summed E-state index contributed by atoms with van der Waals surface area (Å²) < 4.78 is 0. The van der Waals surface area contributed by atoms with Crippen molar-refractivity contribution in [2.24, 2.45) is 5.41 Å². The van der Waals surface area contributed by atoms with Crippen molar-refractivity contribution < 1.29 is 0 Å². The molecule has 0 spiro atoms. The molecule has 0 bridgehead atoms. The van der Waals surface area contributed by atoms with Gasteiger partial charge in [0.2, 0.25) is 0 Å². The van der Waals surface area contributed by atoms with Gasteiger partial charge in [-0.2, -0.15) is 0 Å². The third-order valence-electron chi connectivity index (χ3n) is 3.27. The second kappa shape index (κ2) is 7.01. The van der Waals surface area contributed by atoms with Gasteiger partial charge in [-0.25, -0.2) is 0 Å². The molecule has 0 rings (SSSR count). The minimum absolute atomic E-state index is 0.190. The first-order valence-electron chi connectivity index (χ1n) is 6.31. The third kappa shape index (κ3) is 4.21. The van der Waals surface area contributed by atoms with Crippen molar-refractivity contribution in [1.82, 2.24) is 0 Å². The fraction of sp³-hybridized carbons (Fsp3) is 0.667. The van der Waals surface area contributed by atoms with Gasteiger partial charge >= 0.3 is 0 Å². The van der Waals surface area contributed by atoms with E-state index in [1.165, 1.54) is 11.1 Å². The van der Waals surface area contributed by atoms with Gasteiger partial charge in [-0.3, -0.25) is 0 Å². The Labute approximate surface area is 107 Å². The van der Waals surface area contributed by atoms with Gasteiger partial charge in [-0.1, -0.05) is 58.5 Å². The number of allylic oxidation sites excluding steroid dienone is 4. The minimum Gasteiger partial charge on any atom is -0.0834 e. The molecule has 0 saturated carbocycles. The van der Waals surface area contributed by atoms with Crippen LogP contribution in [0.2, 0.25) is 0 Å². The SMILES string of the molecule is CC/C=C/C(=S)/C(=C(\C)CC)C(C)(C)CC. The Morgan fingerprint density at radius 1 is 1.19 bits per heavy atom. The number of hydrogen-bond acceptors (Lipinski definition) is 1. The molecule has 0 aliphatic rings. The lowest BCUT2D eigenvalue weighted by Gasteiger charge is -2.28. The summed E-state index contributed by atoms with van der Waals surface area (Å²) in [6.45, 7) is 13.3. The molecule has 0 radical (unpaired) electrons. The maximum atomic E-state index is 5.55. The van der Waals surface area contributed by atoms with E-state index in [9.17, 15) is 0 Å². The summed E-state index contributed by atoms with van der Waals surface area (Å²) >= 11 is 5.55. The van der Waals surface area contributed by atoms with E-state index in [2.05, 4.69) is 53.7 Å². The summed E-state index contributed by atoms with van der Waals surface area (Å²) in [5, 5.41) is 0. The zero-order chi connectivity index (χ0) is 12.8. The molecular weight excluding hydrogens is 212 g/mol. The van der Waals surface area contributed by atoms with E-state index in [0.717, 1.165) is 24.1 Å². The van der Waals surface area contributed by atoms with E-state index >= 15 is 0 Å². The van der Waals surface area contributed by atoms with Crippen molar-refractivity contribution in [3.63, 3.8) is 0 Å². The zero-order valence-corrected chi connectivity index (χ0v) is 12.5. The molecule has 0 atom stereocenters. The van der Waals surface area contributed by atoms with Crippen LogP contribution in [0, 0.1) is 5.41 Å². The summed E-state index contributed by atoms with van der Waals surface area (Å²) in [6, 6.07) is 0. The zero-order valence-electron chi connectivity index (χ0n) is 11.7. The van der Waals surface area contributed by atoms with Crippen LogP contribution in [0.5, 0.6) is 0 Å². The molecule has 0 aliphatic heterocycles. The third-order valence-corrected chi connectivity index (χ3v) is 3.61. The summed E-state index contributed by atoms with van der Waals surface area (Å²) in [5.74, 6) is 0. The maximum Gasteiger partial charge on any atom is 0.0410 e. The summed E-state index contributed by atoms with van der Waals surface area (Å²) in [5.41, 5.74) is 2.99. The molecular formula is C15H26S. The second-order valence-electron chi connectivity index (χ2n) is 4.92. The Morgan fingerprint density at radius 2 is 1.75 bits per heavy atom. The Hall–Kier alpha value is -0.430. The van der Waals surface area contributed by atoms with Gasteiger partial charge in [-0.05, 0) is 43.3 Å². The van der Waals surface area contributed by atoms with Gasteiger partial charge in [0.25, 0.3) is 0 Å². The van der Waals surface area contributed by atoms with E-state index in [4.69, 9.17) is 12.2 Å². The van der Waals surface area contributed by atoms with Crippen LogP contribution in [0.3, 0.4) is 0 Å². The Kier molecular flexibility index (Phi) is 6.82. The van der Waals surface area contributed by atoms with Gasteiger partial charge in [-0.15, -0.1) is 0 Å². The van der Waals surface area contributed by atoms with Crippen molar-refractivity contribution in [1.29, 1.82) is 0 Å². The van der Waals surface area contributed by atoms with E-state index in [0.29, 0.717) is 0 Å². The van der Waals surface area contributed by atoms with Crippen molar-refractivity contribution in [3.05, 3.63) is 23.3 Å². The average Bonchev–Trinajstić information content (AvgIpc) is 2.25. The van der Waals surface area contributed by atoms with Crippen LogP contribution in [0.25, 0.3) is 0 Å². The predicted octanol–water partition coefficient (Wildman–Crippen LogP) is 5.49. The number of thiocarbonyl (C=S) groups is 1. The number of hydrogen-bond donors (Lipinski definition) is 0. The summed E-state index contributed by atoms with van der Waals surface area (Å²) in [4.78, 5) is 1.02.